The fraction of sp³-hybridized carbons (Fsp3) is 1.00. The number of hydrogen-bond acceptors (Lipinski definition) is 1. The third kappa shape index (κ3) is 2.25. The first-order valence-corrected chi connectivity index (χ1v) is 6.14. The number of nitrogens with zero attached hydrogens (tertiary/aromatic N) is 1. The van der Waals surface area contributed by atoms with Crippen LogP contribution in [0.15, 0.2) is 0 Å². The summed E-state index contributed by atoms with van der Waals surface area (Å²) in [4.78, 5) is 2.78. The Hall–Kier alpha value is -0.0400. The molecular formula is C12H23N. The summed E-state index contributed by atoms with van der Waals surface area (Å²) in [5, 5.41) is 0. The van der Waals surface area contributed by atoms with Crippen LogP contribution in [0.2, 0.25) is 0 Å². The van der Waals surface area contributed by atoms with Gasteiger partial charge in [0.15, 0.2) is 0 Å². The summed E-state index contributed by atoms with van der Waals surface area (Å²) in [6.07, 6.45) is 10.3. The Morgan fingerprint density at radius 2 is 1.85 bits per heavy atom. The molecule has 0 unspecified atom stereocenters. The number of hydrogen-bond donors (Lipinski definition) is 0. The van der Waals surface area contributed by atoms with Crippen molar-refractivity contribution in [3.8, 4) is 0 Å². The minimum Gasteiger partial charge on any atom is -0.300 e. The summed E-state index contributed by atoms with van der Waals surface area (Å²) in [5.41, 5.74) is 0. The maximum Gasteiger partial charge on any atom is 0.00953 e. The second-order valence-electron chi connectivity index (χ2n) is 4.85. The molecule has 0 aromatic rings. The van der Waals surface area contributed by atoms with Crippen molar-refractivity contribution in [2.45, 2.75) is 57.9 Å². The molecule has 1 atom stereocenters. The topological polar surface area (TPSA) is 3.24 Å². The van der Waals surface area contributed by atoms with Crippen LogP contribution in [0.25, 0.3) is 0 Å². The first-order valence-electron chi connectivity index (χ1n) is 6.14. The third-order valence-electron chi connectivity index (χ3n) is 3.97. The molecule has 0 radical (unpaired) electrons. The molecule has 1 aliphatic heterocycles. The normalized spacial score (nSPS) is 32.5. The summed E-state index contributed by atoms with van der Waals surface area (Å²) in [6.45, 7) is 5.14. The van der Waals surface area contributed by atoms with Gasteiger partial charge < -0.3 is 4.90 Å². The molecule has 0 aromatic heterocycles. The van der Waals surface area contributed by atoms with Crippen molar-refractivity contribution in [3.63, 3.8) is 0 Å². The highest BCUT2D eigenvalue weighted by molar-refractivity contribution is 4.81. The fourth-order valence-electron chi connectivity index (χ4n) is 3.03. The van der Waals surface area contributed by atoms with E-state index in [1.807, 2.05) is 0 Å². The molecule has 0 N–H and O–H groups in total. The van der Waals surface area contributed by atoms with Crippen molar-refractivity contribution < 1.29 is 0 Å². The maximum atomic E-state index is 2.78. The van der Waals surface area contributed by atoms with Crippen LogP contribution in [0.4, 0.5) is 0 Å². The molecule has 1 saturated carbocycles. The molecule has 1 heteroatoms. The zero-order valence-corrected chi connectivity index (χ0v) is 8.97. The van der Waals surface area contributed by atoms with E-state index in [1.165, 1.54) is 58.0 Å². The van der Waals surface area contributed by atoms with Crippen molar-refractivity contribution in [3.05, 3.63) is 0 Å². The van der Waals surface area contributed by atoms with Crippen LogP contribution in [0.5, 0.6) is 0 Å². The van der Waals surface area contributed by atoms with Crippen LogP contribution in [0.1, 0.15) is 51.9 Å². The lowest BCUT2D eigenvalue weighted by atomic mass is 9.94. The smallest absolute Gasteiger partial charge is 0.00953 e. The predicted octanol–water partition coefficient (Wildman–Crippen LogP) is 3.05. The monoisotopic (exact) mass is 181 g/mol. The summed E-state index contributed by atoms with van der Waals surface area (Å²) in [6, 6.07) is 0.967. The summed E-state index contributed by atoms with van der Waals surface area (Å²) in [5.74, 6) is 1.01. The van der Waals surface area contributed by atoms with Gasteiger partial charge in [-0.05, 0) is 38.1 Å². The quantitative estimate of drug-likeness (QED) is 0.633. The number of likely N-dealkylation sites (tertiary alicyclic amines) is 1. The summed E-state index contributed by atoms with van der Waals surface area (Å²) in [7, 11) is 0. The van der Waals surface area contributed by atoms with Gasteiger partial charge in [-0.2, -0.15) is 0 Å². The van der Waals surface area contributed by atoms with Crippen molar-refractivity contribution in [2.75, 3.05) is 13.1 Å². The Balaban J connectivity index is 1.84. The highest BCUT2D eigenvalue weighted by Crippen LogP contribution is 2.28. The second kappa shape index (κ2) is 4.45. The van der Waals surface area contributed by atoms with E-state index in [2.05, 4.69) is 11.8 Å². The van der Waals surface area contributed by atoms with E-state index in [9.17, 15) is 0 Å². The Morgan fingerprint density at radius 1 is 1.08 bits per heavy atom. The fourth-order valence-corrected chi connectivity index (χ4v) is 3.03. The van der Waals surface area contributed by atoms with Gasteiger partial charge in [0.1, 0.15) is 0 Å². The van der Waals surface area contributed by atoms with E-state index in [1.54, 1.807) is 0 Å². The van der Waals surface area contributed by atoms with Crippen molar-refractivity contribution >= 4 is 0 Å². The summed E-state index contributed by atoms with van der Waals surface area (Å²) >= 11 is 0. The van der Waals surface area contributed by atoms with Gasteiger partial charge in [-0.25, -0.2) is 0 Å². The van der Waals surface area contributed by atoms with E-state index in [-0.39, 0.29) is 0 Å². The van der Waals surface area contributed by atoms with Gasteiger partial charge >= 0.3 is 0 Å². The molecule has 0 amide bonds. The van der Waals surface area contributed by atoms with Crippen molar-refractivity contribution in [2.24, 2.45) is 5.92 Å². The van der Waals surface area contributed by atoms with E-state index >= 15 is 0 Å². The molecule has 2 rings (SSSR count). The Morgan fingerprint density at radius 3 is 2.54 bits per heavy atom. The molecule has 76 valence electrons. The van der Waals surface area contributed by atoms with Gasteiger partial charge in [0, 0.05) is 12.6 Å². The van der Waals surface area contributed by atoms with Crippen LogP contribution in [0.3, 0.4) is 0 Å². The maximum absolute atomic E-state index is 2.78. The van der Waals surface area contributed by atoms with E-state index in [4.69, 9.17) is 0 Å². The first-order chi connectivity index (χ1) is 6.40. The van der Waals surface area contributed by atoms with E-state index in [0.717, 1.165) is 12.0 Å². The van der Waals surface area contributed by atoms with Gasteiger partial charge in [0.2, 0.25) is 0 Å². The van der Waals surface area contributed by atoms with Crippen LogP contribution < -0.4 is 0 Å². The Kier molecular flexibility index (Phi) is 3.26. The van der Waals surface area contributed by atoms with Gasteiger partial charge in [0.25, 0.3) is 0 Å². The first kappa shape index (κ1) is 9.51. The molecule has 0 bridgehead atoms. The highest BCUT2D eigenvalue weighted by atomic mass is 15.2. The largest absolute Gasteiger partial charge is 0.300 e. The second-order valence-corrected chi connectivity index (χ2v) is 4.85. The highest BCUT2D eigenvalue weighted by Gasteiger charge is 2.26. The van der Waals surface area contributed by atoms with Gasteiger partial charge in [-0.3, -0.25) is 0 Å². The van der Waals surface area contributed by atoms with Crippen LogP contribution in [0, 0.1) is 5.92 Å². The predicted molar refractivity (Wildman–Crippen MR) is 56.8 cm³/mol. The summed E-state index contributed by atoms with van der Waals surface area (Å²) < 4.78 is 0. The van der Waals surface area contributed by atoms with Crippen molar-refractivity contribution in [1.29, 1.82) is 0 Å². The van der Waals surface area contributed by atoms with E-state index in [0.29, 0.717) is 0 Å². The molecule has 1 heterocycles. The standard InChI is InChI=1S/C12H23N/c1-2-11-6-5-9-13(10-11)12-7-3-4-8-12/h11-12H,2-10H2,1H3/t11-/m1/s1. The van der Waals surface area contributed by atoms with Crippen LogP contribution in [-0.4, -0.2) is 24.0 Å². The average molecular weight is 181 g/mol. The third-order valence-corrected chi connectivity index (χ3v) is 3.97. The molecule has 1 saturated heterocycles. The van der Waals surface area contributed by atoms with Gasteiger partial charge in [0.05, 0.1) is 0 Å². The number of rotatable bonds is 2. The number of piperidine rings is 1. The van der Waals surface area contributed by atoms with Crippen LogP contribution >= 0.6 is 0 Å². The minimum absolute atomic E-state index is 0.967. The zero-order valence-electron chi connectivity index (χ0n) is 8.97. The Labute approximate surface area is 82.5 Å². The Bertz CT molecular complexity index is 149. The van der Waals surface area contributed by atoms with Crippen molar-refractivity contribution in [1.82, 2.24) is 4.90 Å². The van der Waals surface area contributed by atoms with Gasteiger partial charge in [-0.1, -0.05) is 26.2 Å². The lowest BCUT2D eigenvalue weighted by Gasteiger charge is -2.36. The molecule has 0 aromatic carbocycles. The molecular weight excluding hydrogens is 158 g/mol. The van der Waals surface area contributed by atoms with Crippen LogP contribution in [-0.2, 0) is 0 Å². The average Bonchev–Trinajstić information content (AvgIpc) is 2.71. The zero-order chi connectivity index (χ0) is 9.10. The lowest BCUT2D eigenvalue weighted by Crippen LogP contribution is -2.41. The molecule has 2 fully saturated rings. The minimum atomic E-state index is 0.967. The van der Waals surface area contributed by atoms with E-state index < -0.39 is 0 Å². The van der Waals surface area contributed by atoms with Gasteiger partial charge in [-0.15, -0.1) is 0 Å². The molecule has 2 aliphatic rings. The SMILES string of the molecule is CC[C@@H]1CCCN(C2CCCC2)C1. The lowest BCUT2D eigenvalue weighted by molar-refractivity contribution is 0.123. The molecule has 1 nitrogen and oxygen atoms in total. The molecule has 13 heavy (non-hydrogen) atoms. The molecule has 1 aliphatic carbocycles. The molecule has 0 spiro atoms.